The molecule has 2 rings (SSSR count). The number of rotatable bonds is 7. The minimum atomic E-state index is -1.05. The Morgan fingerprint density at radius 1 is 1.00 bits per heavy atom. The second kappa shape index (κ2) is 9.72. The van der Waals surface area contributed by atoms with E-state index in [1.54, 1.807) is 33.8 Å². The molecule has 0 spiro atoms. The highest BCUT2D eigenvalue weighted by molar-refractivity contribution is 6.06. The summed E-state index contributed by atoms with van der Waals surface area (Å²) >= 11 is 0. The van der Waals surface area contributed by atoms with E-state index in [0.29, 0.717) is 16.0 Å². The summed E-state index contributed by atoms with van der Waals surface area (Å²) in [6, 6.07) is 3.06. The number of nitrogens with zero attached hydrogens (tertiary/aromatic N) is 1. The first-order chi connectivity index (χ1) is 13.8. The Bertz CT molecular complexity index is 873. The molecular weight excluding hydrogens is 380 g/mol. The van der Waals surface area contributed by atoms with Gasteiger partial charge in [-0.2, -0.15) is 4.73 Å². The summed E-state index contributed by atoms with van der Waals surface area (Å²) in [6.45, 7) is 6.74. The Morgan fingerprint density at radius 3 is 2.10 bits per heavy atom. The first-order valence-corrected chi connectivity index (χ1v) is 9.27. The number of aromatic nitrogens is 1. The normalized spacial score (nSPS) is 16.2. The van der Waals surface area contributed by atoms with Crippen LogP contribution in [0, 0.1) is 5.21 Å². The zero-order chi connectivity index (χ0) is 21.6. The molecule has 1 N–H and O–H groups in total. The molecule has 0 aliphatic carbocycles. The zero-order valence-electron chi connectivity index (χ0n) is 16.8. The van der Waals surface area contributed by atoms with Crippen LogP contribution in [0.5, 0.6) is 0 Å². The molecule has 156 valence electrons. The van der Waals surface area contributed by atoms with E-state index in [9.17, 15) is 19.6 Å². The van der Waals surface area contributed by atoms with Crippen molar-refractivity contribution < 1.29 is 33.3 Å². The molecule has 1 aliphatic heterocycles. The van der Waals surface area contributed by atoms with Crippen LogP contribution < -0.4 is 10.0 Å². The van der Waals surface area contributed by atoms with Crippen LogP contribution in [0.15, 0.2) is 47.1 Å². The van der Waals surface area contributed by atoms with Crippen LogP contribution >= 0.6 is 0 Å². The molecule has 1 aliphatic rings. The van der Waals surface area contributed by atoms with Gasteiger partial charge in [-0.05, 0) is 33.8 Å². The number of allylic oxidation sites excluding steroid dienone is 1. The van der Waals surface area contributed by atoms with Crippen LogP contribution in [0.2, 0.25) is 0 Å². The van der Waals surface area contributed by atoms with Crippen molar-refractivity contribution in [1.29, 1.82) is 0 Å². The molecule has 1 unspecified atom stereocenters. The second-order valence-electron chi connectivity index (χ2n) is 6.04. The number of nitrogens with one attached hydrogen (secondary N) is 1. The van der Waals surface area contributed by atoms with Gasteiger partial charge < -0.3 is 24.7 Å². The number of dihydropyridines is 1. The van der Waals surface area contributed by atoms with Crippen molar-refractivity contribution >= 4 is 17.9 Å². The Morgan fingerprint density at radius 2 is 1.55 bits per heavy atom. The van der Waals surface area contributed by atoms with Gasteiger partial charge >= 0.3 is 17.9 Å². The van der Waals surface area contributed by atoms with Gasteiger partial charge in [-0.3, -0.25) is 0 Å². The maximum absolute atomic E-state index is 12.8. The minimum absolute atomic E-state index is 0.0545. The largest absolute Gasteiger partial charge is 0.619 e. The standard InChI is InChI=1S/C20H24N2O7/c1-5-27-18(23)14-12(4)21-17(20(25)29-7-3)16(19(24)28-6-2)15(14)13-9-8-10-22(26)11-13/h8-11,15,21H,5-7H2,1-4H3. The summed E-state index contributed by atoms with van der Waals surface area (Å²) in [5, 5.41) is 14.7. The topological polar surface area (TPSA) is 118 Å². The van der Waals surface area contributed by atoms with Crippen LogP contribution in [-0.2, 0) is 28.6 Å². The molecule has 0 saturated heterocycles. The van der Waals surface area contributed by atoms with E-state index in [1.165, 1.54) is 18.5 Å². The highest BCUT2D eigenvalue weighted by Gasteiger charge is 2.42. The van der Waals surface area contributed by atoms with Crippen LogP contribution in [0.1, 0.15) is 39.2 Å². The third-order valence-corrected chi connectivity index (χ3v) is 4.16. The lowest BCUT2D eigenvalue weighted by Gasteiger charge is -2.30. The van der Waals surface area contributed by atoms with Crippen molar-refractivity contribution in [2.45, 2.75) is 33.6 Å². The number of hydrogen-bond donors (Lipinski definition) is 1. The van der Waals surface area contributed by atoms with Gasteiger partial charge in [0.05, 0.1) is 36.9 Å². The lowest BCUT2D eigenvalue weighted by atomic mass is 9.80. The average molecular weight is 404 g/mol. The van der Waals surface area contributed by atoms with E-state index in [-0.39, 0.29) is 36.7 Å². The molecule has 29 heavy (non-hydrogen) atoms. The first kappa shape index (κ1) is 21.9. The molecular formula is C20H24N2O7. The van der Waals surface area contributed by atoms with E-state index < -0.39 is 23.8 Å². The van der Waals surface area contributed by atoms with Gasteiger partial charge in [-0.1, -0.05) is 0 Å². The fourth-order valence-electron chi connectivity index (χ4n) is 3.08. The van der Waals surface area contributed by atoms with Gasteiger partial charge in [0.2, 0.25) is 0 Å². The smallest absolute Gasteiger partial charge is 0.355 e. The molecule has 0 aromatic carbocycles. The molecule has 2 heterocycles. The quantitative estimate of drug-likeness (QED) is 0.312. The number of carbonyl (C=O) groups excluding carboxylic acids is 3. The predicted molar refractivity (Wildman–Crippen MR) is 101 cm³/mol. The van der Waals surface area contributed by atoms with Crippen LogP contribution in [0.25, 0.3) is 0 Å². The molecule has 0 amide bonds. The average Bonchev–Trinajstić information content (AvgIpc) is 2.67. The number of pyridine rings is 1. The Hall–Kier alpha value is -3.36. The summed E-state index contributed by atoms with van der Waals surface area (Å²) in [7, 11) is 0. The van der Waals surface area contributed by atoms with Crippen LogP contribution in [0.4, 0.5) is 0 Å². The molecule has 9 heteroatoms. The Kier molecular flexibility index (Phi) is 7.35. The van der Waals surface area contributed by atoms with Gasteiger partial charge in [0.1, 0.15) is 5.70 Å². The Labute approximate surface area is 168 Å². The fraction of sp³-hybridized carbons (Fsp3) is 0.400. The van der Waals surface area contributed by atoms with Crippen LogP contribution in [0.3, 0.4) is 0 Å². The molecule has 1 atom stereocenters. The number of ether oxygens (including phenoxy) is 3. The summed E-state index contributed by atoms with van der Waals surface area (Å²) in [5.74, 6) is -3.29. The van der Waals surface area contributed by atoms with Gasteiger partial charge in [0, 0.05) is 17.3 Å². The maximum atomic E-state index is 12.8. The lowest BCUT2D eigenvalue weighted by Crippen LogP contribution is -2.37. The lowest BCUT2D eigenvalue weighted by molar-refractivity contribution is -0.605. The van der Waals surface area contributed by atoms with Crippen LogP contribution in [-0.4, -0.2) is 37.7 Å². The third-order valence-electron chi connectivity index (χ3n) is 4.16. The van der Waals surface area contributed by atoms with Gasteiger partial charge in [-0.25, -0.2) is 14.4 Å². The molecule has 1 aromatic heterocycles. The summed E-state index contributed by atoms with van der Waals surface area (Å²) < 4.78 is 15.9. The van der Waals surface area contributed by atoms with Crippen molar-refractivity contribution in [3.63, 3.8) is 0 Å². The second-order valence-corrected chi connectivity index (χ2v) is 6.04. The van der Waals surface area contributed by atoms with Crippen molar-refractivity contribution in [3.8, 4) is 0 Å². The fourth-order valence-corrected chi connectivity index (χ4v) is 3.08. The summed E-state index contributed by atoms with van der Waals surface area (Å²) in [6.07, 6.45) is 2.50. The number of hydrogen-bond acceptors (Lipinski definition) is 8. The number of carbonyl (C=O) groups is 3. The summed E-state index contributed by atoms with van der Waals surface area (Å²) in [5.41, 5.74) is 0.489. The molecule has 0 radical (unpaired) electrons. The van der Waals surface area contributed by atoms with Gasteiger partial charge in [0.15, 0.2) is 12.4 Å². The Balaban J connectivity index is 2.77. The number of esters is 3. The van der Waals surface area contributed by atoms with E-state index in [1.807, 2.05) is 0 Å². The molecule has 1 aromatic rings. The summed E-state index contributed by atoms with van der Waals surface area (Å²) in [4.78, 5) is 38.1. The van der Waals surface area contributed by atoms with E-state index in [2.05, 4.69) is 5.32 Å². The first-order valence-electron chi connectivity index (χ1n) is 9.27. The van der Waals surface area contributed by atoms with E-state index in [4.69, 9.17) is 14.2 Å². The van der Waals surface area contributed by atoms with E-state index >= 15 is 0 Å². The molecule has 0 saturated carbocycles. The predicted octanol–water partition coefficient (Wildman–Crippen LogP) is 1.22. The highest BCUT2D eigenvalue weighted by atomic mass is 16.5. The monoisotopic (exact) mass is 404 g/mol. The molecule has 0 fully saturated rings. The van der Waals surface area contributed by atoms with Gasteiger partial charge in [-0.15, -0.1) is 0 Å². The van der Waals surface area contributed by atoms with Crippen molar-refractivity contribution in [3.05, 3.63) is 57.8 Å². The molecule has 0 bridgehead atoms. The van der Waals surface area contributed by atoms with E-state index in [0.717, 1.165) is 0 Å². The minimum Gasteiger partial charge on any atom is -0.619 e. The van der Waals surface area contributed by atoms with Gasteiger partial charge in [0.25, 0.3) is 0 Å². The maximum Gasteiger partial charge on any atom is 0.355 e. The zero-order valence-corrected chi connectivity index (χ0v) is 16.8. The van der Waals surface area contributed by atoms with Crippen molar-refractivity contribution in [1.82, 2.24) is 5.32 Å². The third kappa shape index (κ3) is 4.74. The van der Waals surface area contributed by atoms with Crippen molar-refractivity contribution in [2.75, 3.05) is 19.8 Å². The van der Waals surface area contributed by atoms with Crippen molar-refractivity contribution in [2.24, 2.45) is 0 Å². The molecule has 9 nitrogen and oxygen atoms in total. The highest BCUT2D eigenvalue weighted by Crippen LogP contribution is 2.39. The SMILES string of the molecule is CCOC(=O)C1=C(C(=O)OCC)C(c2ccc[n+]([O-])c2)C(C(=O)OCC)=C(C)N1.